The van der Waals surface area contributed by atoms with E-state index in [1.165, 1.54) is 6.07 Å². The molecule has 2 atom stereocenters. The highest BCUT2D eigenvalue weighted by atomic mass is 35.5. The molecule has 1 aliphatic rings. The predicted octanol–water partition coefficient (Wildman–Crippen LogP) is 2.23. The first-order valence-corrected chi connectivity index (χ1v) is 8.21. The van der Waals surface area contributed by atoms with Gasteiger partial charge in [-0.3, -0.25) is 0 Å². The summed E-state index contributed by atoms with van der Waals surface area (Å²) in [5.74, 6) is 0. The second-order valence-electron chi connectivity index (χ2n) is 5.05. The molecule has 19 heavy (non-hydrogen) atoms. The van der Waals surface area contributed by atoms with Gasteiger partial charge in [0, 0.05) is 11.1 Å². The summed E-state index contributed by atoms with van der Waals surface area (Å²) >= 11 is 5.86. The van der Waals surface area contributed by atoms with Crippen LogP contribution in [0.2, 0.25) is 5.02 Å². The highest BCUT2D eigenvalue weighted by molar-refractivity contribution is 7.89. The van der Waals surface area contributed by atoms with Gasteiger partial charge in [0.2, 0.25) is 10.0 Å². The molecule has 0 aromatic heterocycles. The van der Waals surface area contributed by atoms with Gasteiger partial charge in [-0.1, -0.05) is 17.7 Å². The minimum Gasteiger partial charge on any atom is -0.393 e. The van der Waals surface area contributed by atoms with Crippen LogP contribution in [-0.2, 0) is 10.0 Å². The summed E-state index contributed by atoms with van der Waals surface area (Å²) in [6.45, 7) is 1.74. The van der Waals surface area contributed by atoms with Crippen molar-refractivity contribution < 1.29 is 13.5 Å². The molecule has 0 aliphatic heterocycles. The van der Waals surface area contributed by atoms with Gasteiger partial charge in [0.15, 0.2) is 0 Å². The topological polar surface area (TPSA) is 66.4 Å². The normalized spacial score (nSPS) is 24.4. The fourth-order valence-corrected chi connectivity index (χ4v) is 4.21. The van der Waals surface area contributed by atoms with E-state index in [1.807, 2.05) is 0 Å². The Balaban J connectivity index is 2.20. The number of hydrogen-bond donors (Lipinski definition) is 2. The summed E-state index contributed by atoms with van der Waals surface area (Å²) in [5.41, 5.74) is 0.660. The molecule has 0 radical (unpaired) electrons. The van der Waals surface area contributed by atoms with E-state index in [0.717, 1.165) is 19.3 Å². The molecule has 2 rings (SSSR count). The van der Waals surface area contributed by atoms with Gasteiger partial charge in [0.05, 0.1) is 11.0 Å². The van der Waals surface area contributed by atoms with Crippen molar-refractivity contribution in [1.29, 1.82) is 0 Å². The fourth-order valence-electron chi connectivity index (χ4n) is 2.42. The smallest absolute Gasteiger partial charge is 0.241 e. The van der Waals surface area contributed by atoms with Crippen LogP contribution in [0.15, 0.2) is 23.1 Å². The molecule has 0 unspecified atom stereocenters. The minimum absolute atomic E-state index is 0.202. The second-order valence-corrected chi connectivity index (χ2v) is 7.17. The Morgan fingerprint density at radius 2 is 2.11 bits per heavy atom. The maximum atomic E-state index is 12.3. The summed E-state index contributed by atoms with van der Waals surface area (Å²) < 4.78 is 27.3. The van der Waals surface area contributed by atoms with Crippen LogP contribution in [0.3, 0.4) is 0 Å². The second kappa shape index (κ2) is 5.79. The number of rotatable bonds is 3. The van der Waals surface area contributed by atoms with Crippen molar-refractivity contribution in [2.75, 3.05) is 0 Å². The maximum absolute atomic E-state index is 12.3. The largest absolute Gasteiger partial charge is 0.393 e. The van der Waals surface area contributed by atoms with Gasteiger partial charge in [-0.15, -0.1) is 0 Å². The number of aliphatic hydroxyl groups is 1. The summed E-state index contributed by atoms with van der Waals surface area (Å²) in [6.07, 6.45) is 2.40. The van der Waals surface area contributed by atoms with Crippen molar-refractivity contribution in [3.63, 3.8) is 0 Å². The molecule has 106 valence electrons. The third-order valence-corrected chi connectivity index (χ3v) is 5.31. The molecule has 1 fully saturated rings. The molecule has 0 spiro atoms. The lowest BCUT2D eigenvalue weighted by Crippen LogP contribution is -2.39. The molecule has 6 heteroatoms. The highest BCUT2D eigenvalue weighted by Gasteiger charge is 2.26. The third kappa shape index (κ3) is 3.69. The van der Waals surface area contributed by atoms with E-state index in [4.69, 9.17) is 11.6 Å². The number of halogens is 1. The van der Waals surface area contributed by atoms with E-state index in [2.05, 4.69) is 4.72 Å². The predicted molar refractivity (Wildman–Crippen MR) is 74.8 cm³/mol. The van der Waals surface area contributed by atoms with Gasteiger partial charge < -0.3 is 5.11 Å². The van der Waals surface area contributed by atoms with Crippen LogP contribution in [0.4, 0.5) is 0 Å². The zero-order valence-electron chi connectivity index (χ0n) is 10.8. The number of hydrogen-bond acceptors (Lipinski definition) is 3. The molecule has 1 aromatic rings. The van der Waals surface area contributed by atoms with Crippen molar-refractivity contribution >= 4 is 21.6 Å². The molecule has 2 N–H and O–H groups in total. The first kappa shape index (κ1) is 14.8. The number of benzene rings is 1. The average molecular weight is 304 g/mol. The molecule has 0 bridgehead atoms. The summed E-state index contributed by atoms with van der Waals surface area (Å²) in [7, 11) is -3.58. The lowest BCUT2D eigenvalue weighted by molar-refractivity contribution is 0.117. The third-order valence-electron chi connectivity index (χ3n) is 3.41. The van der Waals surface area contributed by atoms with Crippen molar-refractivity contribution in [2.24, 2.45) is 0 Å². The van der Waals surface area contributed by atoms with Crippen molar-refractivity contribution in [3.8, 4) is 0 Å². The lowest BCUT2D eigenvalue weighted by Gasteiger charge is -2.26. The molecular weight excluding hydrogens is 286 g/mol. The van der Waals surface area contributed by atoms with Gasteiger partial charge in [-0.25, -0.2) is 13.1 Å². The Morgan fingerprint density at radius 3 is 2.79 bits per heavy atom. The van der Waals surface area contributed by atoms with E-state index in [1.54, 1.807) is 19.1 Å². The number of sulfonamides is 1. The molecule has 0 amide bonds. The fraction of sp³-hybridized carbons (Fsp3) is 0.538. The van der Waals surface area contributed by atoms with Crippen LogP contribution in [-0.4, -0.2) is 25.7 Å². The molecule has 1 aliphatic carbocycles. The highest BCUT2D eigenvalue weighted by Crippen LogP contribution is 2.23. The monoisotopic (exact) mass is 303 g/mol. The van der Waals surface area contributed by atoms with E-state index in [-0.39, 0.29) is 10.9 Å². The Morgan fingerprint density at radius 1 is 1.37 bits per heavy atom. The lowest BCUT2D eigenvalue weighted by atomic mass is 9.94. The van der Waals surface area contributed by atoms with Gasteiger partial charge in [0.25, 0.3) is 0 Å². The van der Waals surface area contributed by atoms with E-state index in [0.29, 0.717) is 17.0 Å². The van der Waals surface area contributed by atoms with Crippen LogP contribution in [0, 0.1) is 6.92 Å². The Hall–Kier alpha value is -0.620. The number of aliphatic hydroxyl groups excluding tert-OH is 1. The molecule has 4 nitrogen and oxygen atoms in total. The van der Waals surface area contributed by atoms with E-state index < -0.39 is 16.1 Å². The summed E-state index contributed by atoms with van der Waals surface area (Å²) in [6, 6.07) is 4.61. The Bertz CT molecular complexity index is 559. The van der Waals surface area contributed by atoms with Crippen LogP contribution in [0.25, 0.3) is 0 Å². The van der Waals surface area contributed by atoms with Crippen molar-refractivity contribution in [3.05, 3.63) is 28.8 Å². The molecule has 0 heterocycles. The van der Waals surface area contributed by atoms with Crippen LogP contribution in [0.5, 0.6) is 0 Å². The van der Waals surface area contributed by atoms with Crippen molar-refractivity contribution in [1.82, 2.24) is 4.72 Å². The number of aryl methyl sites for hydroxylation is 1. The van der Waals surface area contributed by atoms with E-state index >= 15 is 0 Å². The van der Waals surface area contributed by atoms with Gasteiger partial charge in [-0.05, 0) is 50.3 Å². The molecule has 1 saturated carbocycles. The van der Waals surface area contributed by atoms with Gasteiger partial charge in [-0.2, -0.15) is 0 Å². The standard InChI is InChI=1S/C13H18ClNO3S/c1-9-5-6-10(14)7-13(9)19(17,18)15-11-3-2-4-12(16)8-11/h5-7,11-12,15-16H,2-4,8H2,1H3/t11-,12+/m1/s1. The zero-order valence-corrected chi connectivity index (χ0v) is 12.3. The molecular formula is C13H18ClNO3S. The van der Waals surface area contributed by atoms with Crippen molar-refractivity contribution in [2.45, 2.75) is 49.6 Å². The quantitative estimate of drug-likeness (QED) is 0.900. The first-order valence-electron chi connectivity index (χ1n) is 6.35. The maximum Gasteiger partial charge on any atom is 0.241 e. The average Bonchev–Trinajstić information content (AvgIpc) is 2.31. The van der Waals surface area contributed by atoms with E-state index in [9.17, 15) is 13.5 Å². The van der Waals surface area contributed by atoms with Crippen LogP contribution in [0.1, 0.15) is 31.2 Å². The molecule has 1 aromatic carbocycles. The zero-order chi connectivity index (χ0) is 14.0. The summed E-state index contributed by atoms with van der Waals surface area (Å²) in [5, 5.41) is 9.99. The Labute approximate surface area is 118 Å². The summed E-state index contributed by atoms with van der Waals surface area (Å²) in [4.78, 5) is 0.208. The van der Waals surface area contributed by atoms with Gasteiger partial charge >= 0.3 is 0 Å². The Kier molecular flexibility index (Phi) is 4.50. The number of nitrogens with one attached hydrogen (secondary N) is 1. The molecule has 0 saturated heterocycles. The first-order chi connectivity index (χ1) is 8.88. The van der Waals surface area contributed by atoms with Gasteiger partial charge in [0.1, 0.15) is 0 Å². The SMILES string of the molecule is Cc1ccc(Cl)cc1S(=O)(=O)N[C@@H]1CCC[C@H](O)C1. The van der Waals surface area contributed by atoms with Crippen LogP contribution >= 0.6 is 11.6 Å². The minimum atomic E-state index is -3.58. The van der Waals surface area contributed by atoms with Crippen LogP contribution < -0.4 is 4.72 Å².